The van der Waals surface area contributed by atoms with Crippen LogP contribution in [0.25, 0.3) is 11.4 Å². The molecule has 2 aromatic heterocycles. The third kappa shape index (κ3) is 5.22. The number of carbonyl (C=O) groups is 1. The Morgan fingerprint density at radius 1 is 1.15 bits per heavy atom. The lowest BCUT2D eigenvalue weighted by Crippen LogP contribution is -2.23. The molecule has 13 heteroatoms. The van der Waals surface area contributed by atoms with E-state index in [1.54, 1.807) is 56.5 Å². The Morgan fingerprint density at radius 2 is 1.97 bits per heavy atom. The molecule has 2 heterocycles. The smallest absolute Gasteiger partial charge is 0.270 e. The van der Waals surface area contributed by atoms with Gasteiger partial charge in [-0.15, -0.1) is 10.2 Å². The molecule has 1 amide bonds. The summed E-state index contributed by atoms with van der Waals surface area (Å²) in [6.07, 6.45) is 0. The average Bonchev–Trinajstić information content (AvgIpc) is 3.48. The number of amides is 1. The van der Waals surface area contributed by atoms with Crippen LogP contribution >= 0.6 is 11.3 Å². The van der Waals surface area contributed by atoms with Crippen LogP contribution in [0.3, 0.4) is 0 Å². The minimum atomic E-state index is -4.02. The van der Waals surface area contributed by atoms with Gasteiger partial charge in [0.1, 0.15) is 5.75 Å². The van der Waals surface area contributed by atoms with Crippen LogP contribution in [0.2, 0.25) is 0 Å². The number of benzene rings is 2. The minimum absolute atomic E-state index is 0.0572. The van der Waals surface area contributed by atoms with Crippen molar-refractivity contribution in [1.82, 2.24) is 25.1 Å². The maximum Gasteiger partial charge on any atom is 0.270 e. The van der Waals surface area contributed by atoms with Crippen LogP contribution in [0.5, 0.6) is 5.75 Å². The number of hydrogen-bond acceptors (Lipinski definition) is 10. The molecule has 11 nitrogen and oxygen atoms in total. The lowest BCUT2D eigenvalue weighted by atomic mass is 10.1. The topological polar surface area (TPSA) is 149 Å². The summed E-state index contributed by atoms with van der Waals surface area (Å²) >= 11 is 0.725. The van der Waals surface area contributed by atoms with E-state index < -0.39 is 15.9 Å². The maximum absolute atomic E-state index is 12.6. The fourth-order valence-electron chi connectivity index (χ4n) is 2.79. The Kier molecular flexibility index (Phi) is 6.44. The highest BCUT2D eigenvalue weighted by Crippen LogP contribution is 2.23. The van der Waals surface area contributed by atoms with Gasteiger partial charge in [-0.2, -0.15) is 9.71 Å². The Bertz CT molecular complexity index is 1400. The molecule has 0 aliphatic rings. The quantitative estimate of drug-likeness (QED) is 0.358. The predicted octanol–water partition coefficient (Wildman–Crippen LogP) is 2.64. The molecule has 0 spiro atoms. The lowest BCUT2D eigenvalue weighted by molar-refractivity contribution is 0.102. The van der Waals surface area contributed by atoms with E-state index in [1.165, 1.54) is 0 Å². The first kappa shape index (κ1) is 22.5. The van der Waals surface area contributed by atoms with Gasteiger partial charge in [-0.3, -0.25) is 10.1 Å². The Morgan fingerprint density at radius 3 is 2.76 bits per heavy atom. The molecule has 0 saturated heterocycles. The van der Waals surface area contributed by atoms with Gasteiger partial charge in [0.25, 0.3) is 15.9 Å². The first-order valence-corrected chi connectivity index (χ1v) is 11.8. The van der Waals surface area contributed by atoms with Crippen molar-refractivity contribution in [3.8, 4) is 17.1 Å². The van der Waals surface area contributed by atoms with Crippen LogP contribution in [-0.2, 0) is 16.6 Å². The van der Waals surface area contributed by atoms with E-state index in [-0.39, 0.29) is 21.9 Å². The molecule has 4 aromatic rings. The third-order valence-electron chi connectivity index (χ3n) is 4.46. The molecule has 170 valence electrons. The van der Waals surface area contributed by atoms with Crippen LogP contribution in [0.4, 0.5) is 5.13 Å². The Hall–Kier alpha value is -3.68. The zero-order valence-corrected chi connectivity index (χ0v) is 19.1. The molecule has 0 bridgehead atoms. The lowest BCUT2D eigenvalue weighted by Gasteiger charge is -2.04. The molecular weight excluding hydrogens is 468 g/mol. The van der Waals surface area contributed by atoms with Gasteiger partial charge >= 0.3 is 0 Å². The molecule has 0 fully saturated rings. The Labute approximate surface area is 192 Å². The van der Waals surface area contributed by atoms with E-state index in [9.17, 15) is 13.2 Å². The first-order valence-electron chi connectivity index (χ1n) is 9.53. The molecule has 0 saturated carbocycles. The zero-order valence-electron chi connectivity index (χ0n) is 17.5. The van der Waals surface area contributed by atoms with Crippen molar-refractivity contribution in [2.24, 2.45) is 0 Å². The van der Waals surface area contributed by atoms with Gasteiger partial charge < -0.3 is 9.26 Å². The van der Waals surface area contributed by atoms with E-state index in [2.05, 4.69) is 30.4 Å². The highest BCUT2D eigenvalue weighted by molar-refractivity contribution is 7.91. The number of hydrogen-bond donors (Lipinski definition) is 2. The molecule has 33 heavy (non-hydrogen) atoms. The third-order valence-corrected chi connectivity index (χ3v) is 7.06. The largest absolute Gasteiger partial charge is 0.497 e. The second-order valence-corrected chi connectivity index (χ2v) is 9.63. The molecular formula is C20H18N6O5S2. The second-order valence-electron chi connectivity index (χ2n) is 6.71. The van der Waals surface area contributed by atoms with E-state index in [0.717, 1.165) is 16.9 Å². The molecule has 0 atom stereocenters. The van der Waals surface area contributed by atoms with Gasteiger partial charge in [0.15, 0.2) is 0 Å². The van der Waals surface area contributed by atoms with Gasteiger partial charge in [0.05, 0.1) is 13.7 Å². The van der Waals surface area contributed by atoms with E-state index in [1.807, 2.05) is 6.07 Å². The number of aryl methyl sites for hydroxylation is 1. The number of nitrogens with zero attached hydrogens (tertiary/aromatic N) is 4. The standard InChI is InChI=1S/C20H18N6O5S2/c1-12-6-3-4-9-15(12)18(27)23-19-24-25-20(32-19)33(28,29)21-11-16-22-17(26-31-16)13-7-5-8-14(10-13)30-2/h3-10,21H,11H2,1-2H3,(H,23,24,27). The fraction of sp³-hybridized carbons (Fsp3) is 0.150. The van der Waals surface area contributed by atoms with E-state index in [4.69, 9.17) is 9.26 Å². The molecule has 0 radical (unpaired) electrons. The van der Waals surface area contributed by atoms with Crippen LogP contribution in [0.1, 0.15) is 21.8 Å². The van der Waals surface area contributed by atoms with Gasteiger partial charge in [0, 0.05) is 11.1 Å². The van der Waals surface area contributed by atoms with Gasteiger partial charge in [-0.25, -0.2) is 8.42 Å². The summed E-state index contributed by atoms with van der Waals surface area (Å²) in [5.41, 5.74) is 1.89. The average molecular weight is 487 g/mol. The number of methoxy groups -OCH3 is 1. The van der Waals surface area contributed by atoms with Crippen LogP contribution in [0, 0.1) is 6.92 Å². The number of sulfonamides is 1. The SMILES string of the molecule is COc1cccc(-c2noc(CNS(=O)(=O)c3nnc(NC(=O)c4ccccc4C)s3)n2)c1. The predicted molar refractivity (Wildman–Crippen MR) is 119 cm³/mol. The van der Waals surface area contributed by atoms with Crippen molar-refractivity contribution in [3.63, 3.8) is 0 Å². The van der Waals surface area contributed by atoms with Crippen molar-refractivity contribution >= 4 is 32.4 Å². The summed E-state index contributed by atoms with van der Waals surface area (Å²) in [4.78, 5) is 16.6. The van der Waals surface area contributed by atoms with Crippen LogP contribution < -0.4 is 14.8 Å². The summed E-state index contributed by atoms with van der Waals surface area (Å²) in [6.45, 7) is 1.55. The highest BCUT2D eigenvalue weighted by atomic mass is 32.2. The second kappa shape index (κ2) is 9.44. The summed E-state index contributed by atoms with van der Waals surface area (Å²) < 4.78 is 37.4. The summed E-state index contributed by atoms with van der Waals surface area (Å²) in [7, 11) is -2.47. The molecule has 2 N–H and O–H groups in total. The number of ether oxygens (including phenoxy) is 1. The number of carbonyl (C=O) groups excluding carboxylic acids is 1. The van der Waals surface area contributed by atoms with Gasteiger partial charge in [-0.05, 0) is 30.7 Å². The van der Waals surface area contributed by atoms with Crippen molar-refractivity contribution in [1.29, 1.82) is 0 Å². The zero-order chi connectivity index (χ0) is 23.4. The normalized spacial score (nSPS) is 11.3. The molecule has 4 rings (SSSR count). The van der Waals surface area contributed by atoms with E-state index in [0.29, 0.717) is 22.7 Å². The van der Waals surface area contributed by atoms with Crippen molar-refractivity contribution in [2.75, 3.05) is 12.4 Å². The number of rotatable bonds is 8. The van der Waals surface area contributed by atoms with Crippen molar-refractivity contribution in [3.05, 3.63) is 65.5 Å². The summed E-state index contributed by atoms with van der Waals surface area (Å²) in [6, 6.07) is 14.1. The number of anilines is 1. The maximum atomic E-state index is 12.6. The van der Waals surface area contributed by atoms with E-state index >= 15 is 0 Å². The molecule has 0 unspecified atom stereocenters. The van der Waals surface area contributed by atoms with Crippen molar-refractivity contribution < 1.29 is 22.5 Å². The summed E-state index contributed by atoms with van der Waals surface area (Å²) in [5.74, 6) is 0.576. The molecule has 0 aliphatic heterocycles. The summed E-state index contributed by atoms with van der Waals surface area (Å²) in [5, 5.41) is 13.9. The first-order chi connectivity index (χ1) is 15.9. The number of aromatic nitrogens is 4. The highest BCUT2D eigenvalue weighted by Gasteiger charge is 2.22. The van der Waals surface area contributed by atoms with Crippen LogP contribution in [0.15, 0.2) is 57.4 Å². The van der Waals surface area contributed by atoms with Gasteiger partial charge in [-0.1, -0.05) is 46.8 Å². The molecule has 2 aromatic carbocycles. The number of nitrogens with one attached hydrogen (secondary N) is 2. The monoisotopic (exact) mass is 486 g/mol. The van der Waals surface area contributed by atoms with Gasteiger partial charge in [0.2, 0.25) is 21.2 Å². The Balaban J connectivity index is 1.41. The fourth-order valence-corrected chi connectivity index (χ4v) is 4.70. The van der Waals surface area contributed by atoms with Crippen molar-refractivity contribution in [2.45, 2.75) is 17.8 Å². The minimum Gasteiger partial charge on any atom is -0.497 e. The van der Waals surface area contributed by atoms with Crippen LogP contribution in [-0.4, -0.2) is 41.8 Å². The molecule has 0 aliphatic carbocycles.